The van der Waals surface area contributed by atoms with Gasteiger partial charge >= 0.3 is 0 Å². The second-order valence-corrected chi connectivity index (χ2v) is 6.11. The highest BCUT2D eigenvalue weighted by atomic mass is 79.9. The second-order valence-electron chi connectivity index (χ2n) is 5.19. The third-order valence-corrected chi connectivity index (χ3v) is 3.99. The second kappa shape index (κ2) is 7.16. The summed E-state index contributed by atoms with van der Waals surface area (Å²) in [6, 6.07) is 28.3. The molecule has 1 aromatic heterocycles. The molecular formula is C20H17BrN2. The smallest absolute Gasteiger partial charge is 0.0464 e. The molecule has 0 aliphatic heterocycles. The van der Waals surface area contributed by atoms with E-state index in [2.05, 4.69) is 39.1 Å². The highest BCUT2D eigenvalue weighted by molar-refractivity contribution is 9.10. The number of halogens is 1. The van der Waals surface area contributed by atoms with Crippen molar-refractivity contribution >= 4 is 32.5 Å². The Morgan fingerprint density at radius 3 is 2.00 bits per heavy atom. The molecule has 0 saturated carbocycles. The Kier molecular flexibility index (Phi) is 4.79. The van der Waals surface area contributed by atoms with E-state index in [1.54, 1.807) is 0 Å². The van der Waals surface area contributed by atoms with E-state index in [-0.39, 0.29) is 0 Å². The minimum absolute atomic E-state index is 0.797. The molecule has 3 aromatic carbocycles. The Hall–Kier alpha value is -2.52. The molecule has 0 radical (unpaired) electrons. The van der Waals surface area contributed by atoms with Crippen molar-refractivity contribution in [3.63, 3.8) is 0 Å². The third kappa shape index (κ3) is 4.02. The van der Waals surface area contributed by atoms with E-state index in [0.29, 0.717) is 0 Å². The van der Waals surface area contributed by atoms with Crippen LogP contribution in [0.2, 0.25) is 0 Å². The molecule has 2 nitrogen and oxygen atoms in total. The summed E-state index contributed by atoms with van der Waals surface area (Å²) in [4.78, 5) is 3.38. The Balaban J connectivity index is 0.000000188. The number of fused-ring (bicyclic) bond motifs is 1. The van der Waals surface area contributed by atoms with Crippen LogP contribution in [0.1, 0.15) is 0 Å². The largest absolute Gasteiger partial charge is 0.399 e. The molecule has 23 heavy (non-hydrogen) atoms. The fraction of sp³-hybridized carbons (Fsp3) is 0. The first-order chi connectivity index (χ1) is 11.2. The normalized spacial score (nSPS) is 10.1. The number of H-pyrrole nitrogens is 1. The van der Waals surface area contributed by atoms with Gasteiger partial charge in [-0.25, -0.2) is 0 Å². The van der Waals surface area contributed by atoms with E-state index in [1.807, 2.05) is 66.7 Å². The number of nitrogens with two attached hydrogens (primary N) is 1. The van der Waals surface area contributed by atoms with E-state index in [4.69, 9.17) is 5.73 Å². The van der Waals surface area contributed by atoms with Gasteiger partial charge in [0.2, 0.25) is 0 Å². The van der Waals surface area contributed by atoms with Crippen molar-refractivity contribution in [1.29, 1.82) is 0 Å². The summed E-state index contributed by atoms with van der Waals surface area (Å²) in [6.45, 7) is 0. The van der Waals surface area contributed by atoms with Gasteiger partial charge in [-0.2, -0.15) is 0 Å². The van der Waals surface area contributed by atoms with Gasteiger partial charge in [0, 0.05) is 26.8 Å². The molecule has 0 aliphatic rings. The lowest BCUT2D eigenvalue weighted by atomic mass is 10.1. The molecule has 0 atom stereocenters. The van der Waals surface area contributed by atoms with Gasteiger partial charge in [-0.15, -0.1) is 0 Å². The van der Waals surface area contributed by atoms with Crippen molar-refractivity contribution in [3.8, 4) is 11.3 Å². The lowest BCUT2D eigenvalue weighted by Gasteiger charge is -1.95. The molecule has 0 aliphatic carbocycles. The van der Waals surface area contributed by atoms with Crippen LogP contribution >= 0.6 is 15.9 Å². The first-order valence-electron chi connectivity index (χ1n) is 7.36. The van der Waals surface area contributed by atoms with Crippen LogP contribution in [0.15, 0.2) is 89.4 Å². The number of anilines is 1. The van der Waals surface area contributed by atoms with Crippen LogP contribution in [0.5, 0.6) is 0 Å². The number of hydrogen-bond donors (Lipinski definition) is 2. The predicted molar refractivity (Wildman–Crippen MR) is 102 cm³/mol. The Morgan fingerprint density at radius 1 is 0.739 bits per heavy atom. The maximum Gasteiger partial charge on any atom is 0.0464 e. The van der Waals surface area contributed by atoms with E-state index < -0.39 is 0 Å². The first kappa shape index (κ1) is 15.4. The Labute approximate surface area is 144 Å². The van der Waals surface area contributed by atoms with Gasteiger partial charge in [-0.1, -0.05) is 64.5 Å². The fourth-order valence-corrected chi connectivity index (χ4v) is 2.64. The highest BCUT2D eigenvalue weighted by Gasteiger charge is 2.02. The van der Waals surface area contributed by atoms with E-state index >= 15 is 0 Å². The minimum atomic E-state index is 0.797. The average Bonchev–Trinajstić information content (AvgIpc) is 3.00. The summed E-state index contributed by atoms with van der Waals surface area (Å²) < 4.78 is 1.13. The number of nitrogen functional groups attached to an aromatic ring is 1. The maximum absolute atomic E-state index is 5.76. The summed E-state index contributed by atoms with van der Waals surface area (Å²) in [7, 11) is 0. The monoisotopic (exact) mass is 364 g/mol. The van der Waals surface area contributed by atoms with Crippen LogP contribution in [0.25, 0.3) is 22.2 Å². The predicted octanol–water partition coefficient (Wildman–Crippen LogP) is 5.87. The van der Waals surface area contributed by atoms with Crippen molar-refractivity contribution in [2.45, 2.75) is 0 Å². The lowest BCUT2D eigenvalue weighted by Crippen LogP contribution is -1.81. The zero-order valence-corrected chi connectivity index (χ0v) is 14.1. The zero-order chi connectivity index (χ0) is 16.1. The minimum Gasteiger partial charge on any atom is -0.399 e. The summed E-state index contributed by atoms with van der Waals surface area (Å²) in [5, 5.41) is 1.15. The molecule has 0 unspecified atom stereocenters. The molecule has 0 spiro atoms. The lowest BCUT2D eigenvalue weighted by molar-refractivity contribution is 1.45. The number of benzene rings is 3. The molecule has 0 amide bonds. The van der Waals surface area contributed by atoms with Crippen molar-refractivity contribution in [2.75, 3.05) is 5.73 Å². The SMILES string of the molecule is Brc1ccccc1.Nc1ccc2[nH]c(-c3ccccc3)cc2c1. The molecular weight excluding hydrogens is 348 g/mol. The average molecular weight is 365 g/mol. The van der Waals surface area contributed by atoms with E-state index in [1.165, 1.54) is 5.56 Å². The summed E-state index contributed by atoms with van der Waals surface area (Å²) in [5.41, 5.74) is 9.99. The Bertz CT molecular complexity index is 883. The quantitative estimate of drug-likeness (QED) is 0.407. The molecule has 3 N–H and O–H groups in total. The molecule has 0 fully saturated rings. The van der Waals surface area contributed by atoms with Crippen LogP contribution in [0.4, 0.5) is 5.69 Å². The highest BCUT2D eigenvalue weighted by Crippen LogP contribution is 2.25. The first-order valence-corrected chi connectivity index (χ1v) is 8.16. The number of aromatic nitrogens is 1. The maximum atomic E-state index is 5.76. The van der Waals surface area contributed by atoms with Crippen molar-refractivity contribution in [2.24, 2.45) is 0 Å². The van der Waals surface area contributed by atoms with Gasteiger partial charge < -0.3 is 10.7 Å². The van der Waals surface area contributed by atoms with Crippen LogP contribution in [-0.4, -0.2) is 4.98 Å². The standard InChI is InChI=1S/C14H12N2.C6H5Br/c15-12-6-7-13-11(8-12)9-14(16-13)10-4-2-1-3-5-10;7-6-4-2-1-3-5-6/h1-9,16H,15H2;1-5H. The van der Waals surface area contributed by atoms with Crippen molar-refractivity contribution in [3.05, 3.63) is 89.4 Å². The van der Waals surface area contributed by atoms with E-state index in [0.717, 1.165) is 26.8 Å². The summed E-state index contributed by atoms with van der Waals surface area (Å²) in [5.74, 6) is 0. The molecule has 114 valence electrons. The third-order valence-electron chi connectivity index (χ3n) is 3.46. The van der Waals surface area contributed by atoms with Gasteiger partial charge in [0.25, 0.3) is 0 Å². The molecule has 1 heterocycles. The Morgan fingerprint density at radius 2 is 1.39 bits per heavy atom. The summed E-state index contributed by atoms with van der Waals surface area (Å²) in [6.07, 6.45) is 0. The number of nitrogens with one attached hydrogen (secondary N) is 1. The number of hydrogen-bond acceptors (Lipinski definition) is 1. The zero-order valence-electron chi connectivity index (χ0n) is 12.5. The van der Waals surface area contributed by atoms with Gasteiger partial charge in [0.05, 0.1) is 0 Å². The van der Waals surface area contributed by atoms with Gasteiger partial charge in [-0.3, -0.25) is 0 Å². The molecule has 0 bridgehead atoms. The van der Waals surface area contributed by atoms with Crippen LogP contribution < -0.4 is 5.73 Å². The van der Waals surface area contributed by atoms with Crippen LogP contribution in [0.3, 0.4) is 0 Å². The van der Waals surface area contributed by atoms with Crippen molar-refractivity contribution in [1.82, 2.24) is 4.98 Å². The number of rotatable bonds is 1. The van der Waals surface area contributed by atoms with Gasteiger partial charge in [-0.05, 0) is 42.0 Å². The molecule has 0 saturated heterocycles. The van der Waals surface area contributed by atoms with Crippen LogP contribution in [0, 0.1) is 0 Å². The summed E-state index contributed by atoms with van der Waals surface area (Å²) >= 11 is 3.31. The van der Waals surface area contributed by atoms with E-state index in [9.17, 15) is 0 Å². The van der Waals surface area contributed by atoms with Gasteiger partial charge in [0.1, 0.15) is 0 Å². The van der Waals surface area contributed by atoms with Crippen molar-refractivity contribution < 1.29 is 0 Å². The molecule has 3 heteroatoms. The number of aromatic amines is 1. The molecule has 4 rings (SSSR count). The topological polar surface area (TPSA) is 41.8 Å². The van der Waals surface area contributed by atoms with Gasteiger partial charge in [0.15, 0.2) is 0 Å². The fourth-order valence-electron chi connectivity index (χ4n) is 2.34. The molecule has 4 aromatic rings. The van der Waals surface area contributed by atoms with Crippen LogP contribution in [-0.2, 0) is 0 Å².